The molecular weight excluding hydrogens is 346 g/mol. The van der Waals surface area contributed by atoms with Crippen molar-refractivity contribution in [3.63, 3.8) is 0 Å². The molecule has 1 aromatic rings. The zero-order chi connectivity index (χ0) is 18.4. The van der Waals surface area contributed by atoms with Gasteiger partial charge in [-0.15, -0.1) is 0 Å². The van der Waals surface area contributed by atoms with Crippen molar-refractivity contribution < 1.29 is 22.7 Å². The monoisotopic (exact) mass is 367 g/mol. The lowest BCUT2D eigenvalue weighted by Crippen LogP contribution is -2.55. The molecular formula is C16H21N3O5S. The maximum atomic E-state index is 13.0. The summed E-state index contributed by atoms with van der Waals surface area (Å²) in [4.78, 5) is 23.6. The first kappa shape index (κ1) is 17.7. The summed E-state index contributed by atoms with van der Waals surface area (Å²) in [6, 6.07) is 2.79. The summed E-state index contributed by atoms with van der Waals surface area (Å²) in [7, 11) is -2.14. The lowest BCUT2D eigenvalue weighted by molar-refractivity contribution is -0.125. The van der Waals surface area contributed by atoms with E-state index < -0.39 is 21.6 Å². The first-order chi connectivity index (χ1) is 11.7. The first-order valence-electron chi connectivity index (χ1n) is 7.98. The van der Waals surface area contributed by atoms with E-state index in [0.717, 1.165) is 5.56 Å². The van der Waals surface area contributed by atoms with Crippen LogP contribution in [0.2, 0.25) is 0 Å². The molecule has 3 rings (SSSR count). The third kappa shape index (κ3) is 2.87. The van der Waals surface area contributed by atoms with Crippen LogP contribution >= 0.6 is 0 Å². The standard InChI is InChI=1S/C16H21N3O5S/c1-10-9-13(11(2)8-12(10)24-3)25(22,23)19-6-4-16(5-7-19)14(20)17-15(21)18-16/h8-9H,4-7H2,1-3H3,(H2,17,18,20,21). The number of nitrogens with zero attached hydrogens (tertiary/aromatic N) is 1. The van der Waals surface area contributed by atoms with E-state index in [2.05, 4.69) is 10.6 Å². The molecule has 0 unspecified atom stereocenters. The van der Waals surface area contributed by atoms with Gasteiger partial charge in [0.05, 0.1) is 12.0 Å². The van der Waals surface area contributed by atoms with Gasteiger partial charge >= 0.3 is 6.03 Å². The summed E-state index contributed by atoms with van der Waals surface area (Å²) in [5, 5.41) is 4.85. The second kappa shape index (κ2) is 5.99. The average molecular weight is 367 g/mol. The van der Waals surface area contributed by atoms with Gasteiger partial charge in [-0.1, -0.05) is 0 Å². The highest BCUT2D eigenvalue weighted by Crippen LogP contribution is 2.32. The third-order valence-electron chi connectivity index (χ3n) is 4.90. The molecule has 2 aliphatic rings. The van der Waals surface area contributed by atoms with E-state index in [4.69, 9.17) is 4.74 Å². The van der Waals surface area contributed by atoms with E-state index in [0.29, 0.717) is 11.3 Å². The Bertz CT molecular complexity index is 842. The molecule has 0 bridgehead atoms. The Morgan fingerprint density at radius 1 is 1.12 bits per heavy atom. The molecule has 2 aliphatic heterocycles. The predicted molar refractivity (Wildman–Crippen MR) is 89.9 cm³/mol. The molecule has 2 N–H and O–H groups in total. The Balaban J connectivity index is 1.85. The fraction of sp³-hybridized carbons (Fsp3) is 0.500. The van der Waals surface area contributed by atoms with Crippen LogP contribution < -0.4 is 15.4 Å². The van der Waals surface area contributed by atoms with Crippen LogP contribution in [0, 0.1) is 13.8 Å². The number of hydrogen-bond acceptors (Lipinski definition) is 5. The summed E-state index contributed by atoms with van der Waals surface area (Å²) in [5.74, 6) is 0.255. The number of sulfonamides is 1. The van der Waals surface area contributed by atoms with E-state index in [1.165, 1.54) is 4.31 Å². The van der Waals surface area contributed by atoms with Crippen LogP contribution in [-0.4, -0.2) is 50.4 Å². The molecule has 0 aromatic heterocycles. The molecule has 1 aromatic carbocycles. The minimum absolute atomic E-state index is 0.167. The lowest BCUT2D eigenvalue weighted by Gasteiger charge is -2.36. The third-order valence-corrected chi connectivity index (χ3v) is 6.94. The van der Waals surface area contributed by atoms with Crippen LogP contribution in [-0.2, 0) is 14.8 Å². The molecule has 2 saturated heterocycles. The average Bonchev–Trinajstić information content (AvgIpc) is 2.83. The summed E-state index contributed by atoms with van der Waals surface area (Å²) in [6.07, 6.45) is 0.496. The Labute approximate surface area is 146 Å². The highest BCUT2D eigenvalue weighted by Gasteiger charge is 2.49. The maximum absolute atomic E-state index is 13.0. The molecule has 0 aliphatic carbocycles. The van der Waals surface area contributed by atoms with Gasteiger partial charge < -0.3 is 10.1 Å². The molecule has 136 valence electrons. The smallest absolute Gasteiger partial charge is 0.322 e. The number of benzene rings is 1. The molecule has 2 fully saturated rings. The number of methoxy groups -OCH3 is 1. The van der Waals surface area contributed by atoms with Crippen LogP contribution in [0.1, 0.15) is 24.0 Å². The van der Waals surface area contributed by atoms with Crippen LogP contribution in [0.15, 0.2) is 17.0 Å². The molecule has 25 heavy (non-hydrogen) atoms. The Hall–Kier alpha value is -2.13. The van der Waals surface area contributed by atoms with E-state index in [-0.39, 0.29) is 36.7 Å². The highest BCUT2D eigenvalue weighted by molar-refractivity contribution is 7.89. The quantitative estimate of drug-likeness (QED) is 0.764. The Morgan fingerprint density at radius 2 is 1.76 bits per heavy atom. The molecule has 0 saturated carbocycles. The van der Waals surface area contributed by atoms with Gasteiger partial charge in [0.2, 0.25) is 10.0 Å². The maximum Gasteiger partial charge on any atom is 0.322 e. The van der Waals surface area contributed by atoms with Crippen molar-refractivity contribution in [1.29, 1.82) is 0 Å². The summed E-state index contributed by atoms with van der Waals surface area (Å²) < 4.78 is 32.6. The van der Waals surface area contributed by atoms with E-state index in [9.17, 15) is 18.0 Å². The second-order valence-corrected chi connectivity index (χ2v) is 8.39. The number of aryl methyl sites for hydroxylation is 2. The SMILES string of the molecule is COc1cc(C)c(S(=O)(=O)N2CCC3(CC2)NC(=O)NC3=O)cc1C. The van der Waals surface area contributed by atoms with Crippen LogP contribution in [0.25, 0.3) is 0 Å². The van der Waals surface area contributed by atoms with Crippen molar-refractivity contribution in [3.8, 4) is 5.75 Å². The largest absolute Gasteiger partial charge is 0.496 e. The van der Waals surface area contributed by atoms with E-state index >= 15 is 0 Å². The molecule has 3 amide bonds. The molecule has 9 heteroatoms. The molecule has 8 nitrogen and oxygen atoms in total. The fourth-order valence-corrected chi connectivity index (χ4v) is 5.12. The summed E-state index contributed by atoms with van der Waals surface area (Å²) in [5.41, 5.74) is 0.353. The number of carbonyl (C=O) groups excluding carboxylic acids is 2. The zero-order valence-corrected chi connectivity index (χ0v) is 15.2. The van der Waals surface area contributed by atoms with Gasteiger partial charge in [0.1, 0.15) is 11.3 Å². The number of piperidine rings is 1. The number of rotatable bonds is 3. The number of nitrogens with one attached hydrogen (secondary N) is 2. The van der Waals surface area contributed by atoms with Crippen molar-refractivity contribution in [1.82, 2.24) is 14.9 Å². The molecule has 1 spiro atoms. The van der Waals surface area contributed by atoms with Crippen LogP contribution in [0.4, 0.5) is 4.79 Å². The fourth-order valence-electron chi connectivity index (χ4n) is 3.39. The Kier molecular flexibility index (Phi) is 4.24. The van der Waals surface area contributed by atoms with Gasteiger partial charge in [-0.05, 0) is 49.9 Å². The van der Waals surface area contributed by atoms with Crippen molar-refractivity contribution in [2.45, 2.75) is 37.1 Å². The topological polar surface area (TPSA) is 105 Å². The van der Waals surface area contributed by atoms with Gasteiger partial charge in [-0.2, -0.15) is 4.31 Å². The predicted octanol–water partition coefficient (Wildman–Crippen LogP) is 0.675. The summed E-state index contributed by atoms with van der Waals surface area (Å²) in [6.45, 7) is 3.85. The molecule has 2 heterocycles. The summed E-state index contributed by atoms with van der Waals surface area (Å²) >= 11 is 0. The van der Waals surface area contributed by atoms with Gasteiger partial charge in [0.15, 0.2) is 0 Å². The van der Waals surface area contributed by atoms with Crippen molar-refractivity contribution in [2.75, 3.05) is 20.2 Å². The number of hydrogen-bond donors (Lipinski definition) is 2. The zero-order valence-electron chi connectivity index (χ0n) is 14.4. The number of carbonyl (C=O) groups is 2. The number of ether oxygens (including phenoxy) is 1. The lowest BCUT2D eigenvalue weighted by atomic mass is 9.89. The number of urea groups is 1. The van der Waals surface area contributed by atoms with E-state index in [1.807, 2.05) is 0 Å². The van der Waals surface area contributed by atoms with Crippen molar-refractivity contribution in [3.05, 3.63) is 23.3 Å². The normalized spacial score (nSPS) is 20.4. The Morgan fingerprint density at radius 3 is 2.28 bits per heavy atom. The van der Waals surface area contributed by atoms with Crippen LogP contribution in [0.5, 0.6) is 5.75 Å². The van der Waals surface area contributed by atoms with Gasteiger partial charge in [0.25, 0.3) is 5.91 Å². The number of imide groups is 1. The highest BCUT2D eigenvalue weighted by atomic mass is 32.2. The van der Waals surface area contributed by atoms with Crippen LogP contribution in [0.3, 0.4) is 0 Å². The van der Waals surface area contributed by atoms with Crippen molar-refractivity contribution >= 4 is 22.0 Å². The molecule has 0 radical (unpaired) electrons. The van der Waals surface area contributed by atoms with E-state index in [1.54, 1.807) is 33.1 Å². The van der Waals surface area contributed by atoms with Gasteiger partial charge in [-0.25, -0.2) is 13.2 Å². The minimum Gasteiger partial charge on any atom is -0.496 e. The van der Waals surface area contributed by atoms with Gasteiger partial charge in [0, 0.05) is 13.1 Å². The number of amides is 3. The second-order valence-electron chi connectivity index (χ2n) is 6.48. The van der Waals surface area contributed by atoms with Crippen molar-refractivity contribution in [2.24, 2.45) is 0 Å². The minimum atomic E-state index is -3.68. The first-order valence-corrected chi connectivity index (χ1v) is 9.42. The molecule has 0 atom stereocenters. The van der Waals surface area contributed by atoms with Gasteiger partial charge in [-0.3, -0.25) is 10.1 Å².